The van der Waals surface area contributed by atoms with E-state index in [9.17, 15) is 0 Å². The molecule has 4 nitrogen and oxygen atoms in total. The van der Waals surface area contributed by atoms with Crippen molar-refractivity contribution in [1.29, 1.82) is 0 Å². The van der Waals surface area contributed by atoms with Crippen molar-refractivity contribution in [2.45, 2.75) is 6.61 Å². The number of rotatable bonds is 4. The van der Waals surface area contributed by atoms with Crippen molar-refractivity contribution >= 4 is 6.21 Å². The van der Waals surface area contributed by atoms with Gasteiger partial charge < -0.3 is 9.94 Å². The molecular weight excluding hydrogens is 216 g/mol. The van der Waals surface area contributed by atoms with Crippen LogP contribution in [0.15, 0.2) is 53.8 Å². The van der Waals surface area contributed by atoms with Gasteiger partial charge in [0.15, 0.2) is 0 Å². The molecule has 0 saturated heterocycles. The van der Waals surface area contributed by atoms with Crippen molar-refractivity contribution in [2.75, 3.05) is 0 Å². The second-order valence-electron chi connectivity index (χ2n) is 3.45. The summed E-state index contributed by atoms with van der Waals surface area (Å²) < 4.78 is 5.51. The van der Waals surface area contributed by atoms with Crippen LogP contribution in [0.5, 0.6) is 5.88 Å². The van der Waals surface area contributed by atoms with Gasteiger partial charge in [0.2, 0.25) is 5.88 Å². The summed E-state index contributed by atoms with van der Waals surface area (Å²) in [7, 11) is 0. The molecule has 4 heteroatoms. The molecule has 1 heterocycles. The Bertz CT molecular complexity index is 481. The molecule has 0 spiro atoms. The van der Waals surface area contributed by atoms with Crippen molar-refractivity contribution in [3.05, 3.63) is 59.8 Å². The van der Waals surface area contributed by atoms with Crippen LogP contribution in [0.4, 0.5) is 0 Å². The molecule has 2 aromatic rings. The third-order valence-electron chi connectivity index (χ3n) is 2.20. The Morgan fingerprint density at radius 3 is 2.65 bits per heavy atom. The molecule has 0 aliphatic rings. The highest BCUT2D eigenvalue weighted by atomic mass is 16.5. The minimum Gasteiger partial charge on any atom is -0.473 e. The van der Waals surface area contributed by atoms with Crippen LogP contribution in [0.3, 0.4) is 0 Å². The molecule has 1 aromatic carbocycles. The van der Waals surface area contributed by atoms with Gasteiger partial charge in [-0.05, 0) is 11.6 Å². The van der Waals surface area contributed by atoms with Crippen molar-refractivity contribution in [1.82, 2.24) is 4.98 Å². The van der Waals surface area contributed by atoms with Crippen molar-refractivity contribution < 1.29 is 9.94 Å². The quantitative estimate of drug-likeness (QED) is 0.497. The summed E-state index contributed by atoms with van der Waals surface area (Å²) in [6.07, 6.45) is 2.90. The van der Waals surface area contributed by atoms with Crippen LogP contribution in [0.25, 0.3) is 0 Å². The van der Waals surface area contributed by atoms with Crippen molar-refractivity contribution in [3.63, 3.8) is 0 Å². The summed E-state index contributed by atoms with van der Waals surface area (Å²) in [6, 6.07) is 13.4. The fourth-order valence-electron chi connectivity index (χ4n) is 1.35. The van der Waals surface area contributed by atoms with Gasteiger partial charge >= 0.3 is 0 Å². The van der Waals surface area contributed by atoms with E-state index in [4.69, 9.17) is 9.94 Å². The van der Waals surface area contributed by atoms with Gasteiger partial charge in [-0.25, -0.2) is 4.98 Å². The zero-order chi connectivity index (χ0) is 11.9. The van der Waals surface area contributed by atoms with Gasteiger partial charge in [0, 0.05) is 17.8 Å². The molecule has 0 amide bonds. The minimum atomic E-state index is 0.487. The predicted molar refractivity (Wildman–Crippen MR) is 64.4 cm³/mol. The van der Waals surface area contributed by atoms with Crippen LogP contribution >= 0.6 is 0 Å². The lowest BCUT2D eigenvalue weighted by atomic mass is 10.2. The molecule has 0 unspecified atom stereocenters. The minimum absolute atomic E-state index is 0.487. The number of aromatic nitrogens is 1. The highest BCUT2D eigenvalue weighted by Crippen LogP contribution is 2.09. The molecule has 1 N–H and O–H groups in total. The van der Waals surface area contributed by atoms with Crippen LogP contribution < -0.4 is 4.74 Å². The van der Waals surface area contributed by atoms with E-state index in [-0.39, 0.29) is 0 Å². The smallest absolute Gasteiger partial charge is 0.213 e. The Hall–Kier alpha value is -2.36. The Labute approximate surface area is 99.2 Å². The SMILES string of the molecule is O/N=C\c1ccc(OCc2ccccc2)nc1. The highest BCUT2D eigenvalue weighted by molar-refractivity contribution is 5.78. The zero-order valence-corrected chi connectivity index (χ0v) is 9.15. The van der Waals surface area contributed by atoms with Crippen molar-refractivity contribution in [2.24, 2.45) is 5.16 Å². The van der Waals surface area contributed by atoms with Gasteiger partial charge in [-0.1, -0.05) is 35.5 Å². The topological polar surface area (TPSA) is 54.7 Å². The van der Waals surface area contributed by atoms with Gasteiger partial charge in [0.05, 0.1) is 6.21 Å². The average molecular weight is 228 g/mol. The number of ether oxygens (including phenoxy) is 1. The van der Waals surface area contributed by atoms with E-state index in [1.807, 2.05) is 30.3 Å². The molecular formula is C13H12N2O2. The summed E-state index contributed by atoms with van der Waals surface area (Å²) in [5, 5.41) is 11.3. The summed E-state index contributed by atoms with van der Waals surface area (Å²) in [5.74, 6) is 0.545. The Morgan fingerprint density at radius 2 is 2.00 bits per heavy atom. The molecule has 0 radical (unpaired) electrons. The van der Waals surface area contributed by atoms with Gasteiger partial charge in [0.1, 0.15) is 6.61 Å². The van der Waals surface area contributed by atoms with Gasteiger partial charge in [-0.15, -0.1) is 0 Å². The Kier molecular flexibility index (Phi) is 3.70. The maximum Gasteiger partial charge on any atom is 0.213 e. The van der Waals surface area contributed by atoms with Gasteiger partial charge in [-0.3, -0.25) is 0 Å². The normalized spacial score (nSPS) is 10.6. The second kappa shape index (κ2) is 5.65. The van der Waals surface area contributed by atoms with Crippen LogP contribution in [0.1, 0.15) is 11.1 Å². The third kappa shape index (κ3) is 3.31. The summed E-state index contributed by atoms with van der Waals surface area (Å²) >= 11 is 0. The summed E-state index contributed by atoms with van der Waals surface area (Å²) in [5.41, 5.74) is 1.81. The predicted octanol–water partition coefficient (Wildman–Crippen LogP) is 2.47. The maximum absolute atomic E-state index is 8.35. The lowest BCUT2D eigenvalue weighted by molar-refractivity contribution is 0.294. The number of hydrogen-bond acceptors (Lipinski definition) is 4. The number of benzene rings is 1. The van der Waals surface area contributed by atoms with E-state index >= 15 is 0 Å². The Morgan fingerprint density at radius 1 is 1.18 bits per heavy atom. The van der Waals surface area contributed by atoms with Crippen LogP contribution in [-0.2, 0) is 6.61 Å². The van der Waals surface area contributed by atoms with E-state index in [0.29, 0.717) is 12.5 Å². The van der Waals surface area contributed by atoms with E-state index in [2.05, 4.69) is 10.1 Å². The van der Waals surface area contributed by atoms with Crippen LogP contribution in [-0.4, -0.2) is 16.4 Å². The lowest BCUT2D eigenvalue weighted by Crippen LogP contribution is -1.97. The first kappa shape index (κ1) is 11.1. The number of pyridine rings is 1. The average Bonchev–Trinajstić information content (AvgIpc) is 2.40. The number of hydrogen-bond donors (Lipinski definition) is 1. The molecule has 1 aromatic heterocycles. The molecule has 0 aliphatic heterocycles. The Balaban J connectivity index is 1.95. The molecule has 0 atom stereocenters. The van der Waals surface area contributed by atoms with Crippen LogP contribution in [0.2, 0.25) is 0 Å². The molecule has 0 bridgehead atoms. The third-order valence-corrected chi connectivity index (χ3v) is 2.20. The van der Waals surface area contributed by atoms with E-state index in [1.54, 1.807) is 18.3 Å². The molecule has 86 valence electrons. The molecule has 0 fully saturated rings. The van der Waals surface area contributed by atoms with Crippen molar-refractivity contribution in [3.8, 4) is 5.88 Å². The first-order valence-electron chi connectivity index (χ1n) is 5.19. The standard InChI is InChI=1S/C13H12N2O2/c16-15-9-12-6-7-13(14-8-12)17-10-11-4-2-1-3-5-11/h1-9,16H,10H2/b15-9-. The van der Waals surface area contributed by atoms with Crippen LogP contribution in [0, 0.1) is 0 Å². The van der Waals surface area contributed by atoms with E-state index in [0.717, 1.165) is 11.1 Å². The highest BCUT2D eigenvalue weighted by Gasteiger charge is 1.96. The second-order valence-corrected chi connectivity index (χ2v) is 3.45. The number of oxime groups is 1. The fourth-order valence-corrected chi connectivity index (χ4v) is 1.35. The fraction of sp³-hybridized carbons (Fsp3) is 0.0769. The first-order valence-corrected chi connectivity index (χ1v) is 5.19. The maximum atomic E-state index is 8.35. The summed E-state index contributed by atoms with van der Waals surface area (Å²) in [6.45, 7) is 0.487. The first-order chi connectivity index (χ1) is 8.38. The monoisotopic (exact) mass is 228 g/mol. The molecule has 2 rings (SSSR count). The summed E-state index contributed by atoms with van der Waals surface area (Å²) in [4.78, 5) is 4.09. The molecule has 17 heavy (non-hydrogen) atoms. The van der Waals surface area contributed by atoms with E-state index in [1.165, 1.54) is 6.21 Å². The van der Waals surface area contributed by atoms with Gasteiger partial charge in [0.25, 0.3) is 0 Å². The zero-order valence-electron chi connectivity index (χ0n) is 9.15. The largest absolute Gasteiger partial charge is 0.473 e. The molecule has 0 saturated carbocycles. The van der Waals surface area contributed by atoms with Gasteiger partial charge in [-0.2, -0.15) is 0 Å². The molecule has 0 aliphatic carbocycles. The lowest BCUT2D eigenvalue weighted by Gasteiger charge is -2.04. The van der Waals surface area contributed by atoms with E-state index < -0.39 is 0 Å². The number of nitrogens with zero attached hydrogens (tertiary/aromatic N) is 2.